The molecule has 0 aliphatic carbocycles. The highest BCUT2D eigenvalue weighted by atomic mass is 35.5. The van der Waals surface area contributed by atoms with Crippen molar-refractivity contribution in [2.75, 3.05) is 45.2 Å². The van der Waals surface area contributed by atoms with Gasteiger partial charge in [0, 0.05) is 31.4 Å². The summed E-state index contributed by atoms with van der Waals surface area (Å²) in [7, 11) is 3.79. The molecule has 0 saturated carbocycles. The van der Waals surface area contributed by atoms with Gasteiger partial charge in [0.05, 0.1) is 22.6 Å². The summed E-state index contributed by atoms with van der Waals surface area (Å²) in [5.74, 6) is 0.0414. The maximum absolute atomic E-state index is 13.5. The molecular formula is C28H30Cl3N3O. The second kappa shape index (κ2) is 11.7. The molecule has 1 heterocycles. The Kier molecular flexibility index (Phi) is 8.61. The maximum atomic E-state index is 13.5. The van der Waals surface area contributed by atoms with E-state index in [4.69, 9.17) is 34.8 Å². The highest BCUT2D eigenvalue weighted by molar-refractivity contribution is 6.42. The van der Waals surface area contributed by atoms with Crippen molar-refractivity contribution in [2.24, 2.45) is 0 Å². The first-order chi connectivity index (χ1) is 16.8. The second-order valence-corrected chi connectivity index (χ2v) is 10.4. The van der Waals surface area contributed by atoms with Crippen molar-refractivity contribution >= 4 is 46.4 Å². The Labute approximate surface area is 223 Å². The zero-order chi connectivity index (χ0) is 24.9. The molecule has 1 aliphatic rings. The third-order valence-corrected chi connectivity index (χ3v) is 7.65. The summed E-state index contributed by atoms with van der Waals surface area (Å²) < 4.78 is 0. The van der Waals surface area contributed by atoms with Crippen LogP contribution in [0.25, 0.3) is 11.1 Å². The lowest BCUT2D eigenvalue weighted by atomic mass is 9.98. The normalized spacial score (nSPS) is 14.7. The SMILES string of the molecule is CN(CC(=O)N(C)C(CN1CCCC1)c1cccc(-c2ccc(Cl)cc2)c1)c1ccc(Cl)c(Cl)c1. The highest BCUT2D eigenvalue weighted by Gasteiger charge is 2.26. The van der Waals surface area contributed by atoms with Crippen LogP contribution in [-0.2, 0) is 4.79 Å². The van der Waals surface area contributed by atoms with E-state index in [0.29, 0.717) is 15.1 Å². The summed E-state index contributed by atoms with van der Waals surface area (Å²) in [6.07, 6.45) is 2.41. The lowest BCUT2D eigenvalue weighted by molar-refractivity contribution is -0.131. The van der Waals surface area contributed by atoms with Gasteiger partial charge in [-0.25, -0.2) is 0 Å². The van der Waals surface area contributed by atoms with Crippen molar-refractivity contribution in [1.29, 1.82) is 0 Å². The molecule has 0 radical (unpaired) electrons. The Bertz CT molecular complexity index is 1160. The minimum Gasteiger partial charge on any atom is -0.365 e. The first-order valence-corrected chi connectivity index (χ1v) is 13.0. The highest BCUT2D eigenvalue weighted by Crippen LogP contribution is 2.30. The van der Waals surface area contributed by atoms with E-state index >= 15 is 0 Å². The summed E-state index contributed by atoms with van der Waals surface area (Å²) in [4.78, 5) is 19.7. The van der Waals surface area contributed by atoms with Crippen LogP contribution in [0, 0.1) is 0 Å². The Hall–Kier alpha value is -2.24. The molecule has 1 amide bonds. The smallest absolute Gasteiger partial charge is 0.242 e. The molecule has 0 bridgehead atoms. The van der Waals surface area contributed by atoms with Gasteiger partial charge in [-0.15, -0.1) is 0 Å². The van der Waals surface area contributed by atoms with Crippen molar-refractivity contribution < 1.29 is 4.79 Å². The largest absolute Gasteiger partial charge is 0.365 e. The fourth-order valence-electron chi connectivity index (χ4n) is 4.53. The number of amides is 1. The molecule has 4 rings (SSSR count). The maximum Gasteiger partial charge on any atom is 0.242 e. The second-order valence-electron chi connectivity index (χ2n) is 9.11. The Balaban J connectivity index is 1.57. The molecule has 1 saturated heterocycles. The van der Waals surface area contributed by atoms with E-state index in [0.717, 1.165) is 42.0 Å². The summed E-state index contributed by atoms with van der Waals surface area (Å²) in [6, 6.07) is 21.7. The summed E-state index contributed by atoms with van der Waals surface area (Å²) in [6.45, 7) is 3.18. The topological polar surface area (TPSA) is 26.8 Å². The molecule has 1 atom stereocenters. The van der Waals surface area contributed by atoms with Crippen LogP contribution in [0.15, 0.2) is 66.7 Å². The molecule has 3 aromatic carbocycles. The van der Waals surface area contributed by atoms with Crippen LogP contribution in [0.3, 0.4) is 0 Å². The van der Waals surface area contributed by atoms with Gasteiger partial charge in [-0.3, -0.25) is 4.79 Å². The zero-order valence-corrected chi connectivity index (χ0v) is 22.3. The number of hydrogen-bond donors (Lipinski definition) is 0. The van der Waals surface area contributed by atoms with Gasteiger partial charge in [0.15, 0.2) is 0 Å². The van der Waals surface area contributed by atoms with Gasteiger partial charge in [0.25, 0.3) is 0 Å². The van der Waals surface area contributed by atoms with E-state index in [2.05, 4.69) is 29.2 Å². The number of benzene rings is 3. The Morgan fingerprint density at radius 1 is 0.886 bits per heavy atom. The number of anilines is 1. The third-order valence-electron chi connectivity index (χ3n) is 6.66. The van der Waals surface area contributed by atoms with E-state index < -0.39 is 0 Å². The third kappa shape index (κ3) is 6.50. The molecule has 4 nitrogen and oxygen atoms in total. The van der Waals surface area contributed by atoms with Gasteiger partial charge in [0.1, 0.15) is 0 Å². The van der Waals surface area contributed by atoms with Gasteiger partial charge < -0.3 is 14.7 Å². The first-order valence-electron chi connectivity index (χ1n) is 11.8. The molecule has 7 heteroatoms. The number of rotatable bonds is 8. The zero-order valence-electron chi connectivity index (χ0n) is 20.1. The summed E-state index contributed by atoms with van der Waals surface area (Å²) in [5.41, 5.74) is 4.18. The van der Waals surface area contributed by atoms with Crippen LogP contribution in [-0.4, -0.2) is 56.0 Å². The molecule has 35 heavy (non-hydrogen) atoms. The predicted molar refractivity (Wildman–Crippen MR) is 148 cm³/mol. The molecule has 1 fully saturated rings. The average Bonchev–Trinajstić information content (AvgIpc) is 3.37. The van der Waals surface area contributed by atoms with Gasteiger partial charge in [-0.2, -0.15) is 0 Å². The standard InChI is InChI=1S/C28H30Cl3N3O/c1-32(24-12-13-25(30)26(31)17-24)19-28(35)33(2)27(18-34-14-3-4-15-34)22-7-5-6-21(16-22)20-8-10-23(29)11-9-20/h5-13,16-17,27H,3-4,14-15,18-19H2,1-2H3. The van der Waals surface area contributed by atoms with Crippen LogP contribution >= 0.6 is 34.8 Å². The Morgan fingerprint density at radius 3 is 2.29 bits per heavy atom. The van der Waals surface area contributed by atoms with Crippen molar-refractivity contribution in [3.63, 3.8) is 0 Å². The van der Waals surface area contributed by atoms with Crippen molar-refractivity contribution in [2.45, 2.75) is 18.9 Å². The fourth-order valence-corrected chi connectivity index (χ4v) is 4.95. The van der Waals surface area contributed by atoms with E-state index in [1.165, 1.54) is 12.8 Å². The molecule has 1 aliphatic heterocycles. The number of carbonyl (C=O) groups is 1. The molecule has 0 spiro atoms. The molecular weight excluding hydrogens is 501 g/mol. The van der Waals surface area contributed by atoms with Gasteiger partial charge in [-0.05, 0) is 79.0 Å². The number of halogens is 3. The van der Waals surface area contributed by atoms with Crippen molar-refractivity contribution in [1.82, 2.24) is 9.80 Å². The number of likely N-dealkylation sites (N-methyl/N-ethyl adjacent to an activating group) is 2. The molecule has 3 aromatic rings. The minimum absolute atomic E-state index is 0.0414. The van der Waals surface area contributed by atoms with Gasteiger partial charge >= 0.3 is 0 Å². The van der Waals surface area contributed by atoms with Crippen LogP contribution in [0.1, 0.15) is 24.4 Å². The van der Waals surface area contributed by atoms with Gasteiger partial charge in [0.2, 0.25) is 5.91 Å². The summed E-state index contributed by atoms with van der Waals surface area (Å²) in [5, 5.41) is 1.69. The monoisotopic (exact) mass is 529 g/mol. The fraction of sp³-hybridized carbons (Fsp3) is 0.321. The number of likely N-dealkylation sites (tertiary alicyclic amines) is 1. The first kappa shape index (κ1) is 25.8. The lowest BCUT2D eigenvalue weighted by Crippen LogP contribution is -2.42. The predicted octanol–water partition coefficient (Wildman–Crippen LogP) is 7.05. The minimum atomic E-state index is -0.0601. The van der Waals surface area contributed by atoms with E-state index in [9.17, 15) is 4.79 Å². The average molecular weight is 531 g/mol. The van der Waals surface area contributed by atoms with E-state index in [1.807, 2.05) is 54.2 Å². The van der Waals surface area contributed by atoms with Crippen LogP contribution in [0.2, 0.25) is 15.1 Å². The van der Waals surface area contributed by atoms with Gasteiger partial charge in [-0.1, -0.05) is 65.1 Å². The number of carbonyl (C=O) groups excluding carboxylic acids is 1. The van der Waals surface area contributed by atoms with Crippen LogP contribution in [0.4, 0.5) is 5.69 Å². The molecule has 0 N–H and O–H groups in total. The number of nitrogens with zero attached hydrogens (tertiary/aromatic N) is 3. The van der Waals surface area contributed by atoms with Crippen LogP contribution in [0.5, 0.6) is 0 Å². The van der Waals surface area contributed by atoms with Crippen molar-refractivity contribution in [3.05, 3.63) is 87.4 Å². The molecule has 0 aromatic heterocycles. The van der Waals surface area contributed by atoms with E-state index in [-0.39, 0.29) is 18.5 Å². The Morgan fingerprint density at radius 2 is 1.60 bits per heavy atom. The number of hydrogen-bond acceptors (Lipinski definition) is 3. The van der Waals surface area contributed by atoms with Crippen LogP contribution < -0.4 is 4.90 Å². The summed E-state index contributed by atoms with van der Waals surface area (Å²) >= 11 is 18.3. The van der Waals surface area contributed by atoms with E-state index in [1.54, 1.807) is 12.1 Å². The van der Waals surface area contributed by atoms with Crippen molar-refractivity contribution in [3.8, 4) is 11.1 Å². The quantitative estimate of drug-likeness (QED) is 0.312. The lowest BCUT2D eigenvalue weighted by Gasteiger charge is -2.33. The molecule has 1 unspecified atom stereocenters. The molecule has 184 valence electrons.